The van der Waals surface area contributed by atoms with E-state index in [0.29, 0.717) is 0 Å². The third-order valence-corrected chi connectivity index (χ3v) is 1.33. The van der Waals surface area contributed by atoms with Crippen molar-refractivity contribution in [3.8, 4) is 0 Å². The summed E-state index contributed by atoms with van der Waals surface area (Å²) in [5, 5.41) is 0. The predicted octanol–water partition coefficient (Wildman–Crippen LogP) is 4.67. The molecule has 0 aromatic heterocycles. The Morgan fingerprint density at radius 1 is 1.29 bits per heavy atom. The SMILES string of the molecule is [CH2]Cl.[CH]=CCCCC.[c]1ccccc1. The van der Waals surface area contributed by atoms with E-state index in [1.807, 2.05) is 30.3 Å². The quantitative estimate of drug-likeness (QED) is 0.635. The molecule has 0 amide bonds. The van der Waals surface area contributed by atoms with Gasteiger partial charge in [-0.2, -0.15) is 0 Å². The molecule has 0 nitrogen and oxygen atoms in total. The molecule has 0 fully saturated rings. The number of hydrogen-bond acceptors (Lipinski definition) is 0. The van der Waals surface area contributed by atoms with Crippen LogP contribution in [-0.2, 0) is 0 Å². The number of halogens is 1. The molecule has 0 unspecified atom stereocenters. The molecule has 0 atom stereocenters. The van der Waals surface area contributed by atoms with E-state index in [4.69, 9.17) is 6.58 Å². The zero-order valence-electron chi connectivity index (χ0n) is 8.75. The topological polar surface area (TPSA) is 0 Å². The molecule has 0 aliphatic carbocycles. The van der Waals surface area contributed by atoms with Gasteiger partial charge in [-0.05, 0) is 12.5 Å². The lowest BCUT2D eigenvalue weighted by Crippen LogP contribution is -1.62. The second-order valence-electron chi connectivity index (χ2n) is 2.46. The minimum absolute atomic E-state index is 1.07. The van der Waals surface area contributed by atoms with Gasteiger partial charge in [-0.1, -0.05) is 62.8 Å². The Bertz CT molecular complexity index is 143. The summed E-state index contributed by atoms with van der Waals surface area (Å²) < 4.78 is 0. The summed E-state index contributed by atoms with van der Waals surface area (Å²) in [7, 11) is 0. The summed E-state index contributed by atoms with van der Waals surface area (Å²) in [6, 6.07) is 12.5. The van der Waals surface area contributed by atoms with Crippen molar-refractivity contribution < 1.29 is 0 Å². The highest BCUT2D eigenvalue weighted by molar-refractivity contribution is 6.19. The van der Waals surface area contributed by atoms with E-state index in [9.17, 15) is 0 Å². The highest BCUT2D eigenvalue weighted by atomic mass is 35.5. The van der Waals surface area contributed by atoms with Crippen molar-refractivity contribution in [1.82, 2.24) is 0 Å². The highest BCUT2D eigenvalue weighted by Gasteiger charge is 1.71. The first-order valence-corrected chi connectivity index (χ1v) is 5.16. The van der Waals surface area contributed by atoms with Crippen LogP contribution in [0.2, 0.25) is 0 Å². The number of rotatable bonds is 3. The van der Waals surface area contributed by atoms with E-state index in [2.05, 4.69) is 31.0 Å². The van der Waals surface area contributed by atoms with Crippen LogP contribution in [0.3, 0.4) is 0 Å². The molecule has 0 saturated heterocycles. The summed E-state index contributed by atoms with van der Waals surface area (Å²) >= 11 is 4.39. The number of benzene rings is 1. The van der Waals surface area contributed by atoms with Crippen molar-refractivity contribution >= 4 is 11.6 Å². The van der Waals surface area contributed by atoms with Gasteiger partial charge in [0.2, 0.25) is 0 Å². The van der Waals surface area contributed by atoms with Crippen LogP contribution in [-0.4, -0.2) is 0 Å². The van der Waals surface area contributed by atoms with E-state index in [1.165, 1.54) is 12.8 Å². The van der Waals surface area contributed by atoms with Crippen LogP contribution in [0.1, 0.15) is 26.2 Å². The van der Waals surface area contributed by atoms with Crippen molar-refractivity contribution in [2.45, 2.75) is 26.2 Å². The predicted molar refractivity (Wildman–Crippen MR) is 64.9 cm³/mol. The molecule has 1 heteroatoms. The molecule has 1 aromatic carbocycles. The van der Waals surface area contributed by atoms with Gasteiger partial charge in [0.05, 0.1) is 0 Å². The van der Waals surface area contributed by atoms with Crippen LogP contribution in [0.25, 0.3) is 0 Å². The minimum atomic E-state index is 1.07. The minimum Gasteiger partial charge on any atom is -0.125 e. The molecular weight excluding hydrogens is 192 g/mol. The lowest BCUT2D eigenvalue weighted by Gasteiger charge is -1.81. The first-order valence-electron chi connectivity index (χ1n) is 4.63. The number of unbranched alkanes of at least 4 members (excludes halogenated alkanes) is 2. The van der Waals surface area contributed by atoms with Crippen molar-refractivity contribution in [3.63, 3.8) is 0 Å². The van der Waals surface area contributed by atoms with Gasteiger partial charge in [0.1, 0.15) is 0 Å². The van der Waals surface area contributed by atoms with E-state index >= 15 is 0 Å². The lowest BCUT2D eigenvalue weighted by atomic mass is 10.3. The van der Waals surface area contributed by atoms with E-state index in [-0.39, 0.29) is 0 Å². The summed E-state index contributed by atoms with van der Waals surface area (Å²) in [5.41, 5.74) is 0. The standard InChI is InChI=1S/C6H5.C6H11.CH2Cl/c1-2-4-6-5-3-1;1-3-5-6-4-2;1-2/h1-5H;1,3H,4-6H2,2H3;1H2. The van der Waals surface area contributed by atoms with Gasteiger partial charge in [0.15, 0.2) is 0 Å². The Balaban J connectivity index is 0. The van der Waals surface area contributed by atoms with Gasteiger partial charge in [0, 0.05) is 6.38 Å². The van der Waals surface area contributed by atoms with Crippen LogP contribution in [0.15, 0.2) is 36.4 Å². The van der Waals surface area contributed by atoms with Crippen molar-refractivity contribution in [2.75, 3.05) is 0 Å². The summed E-state index contributed by atoms with van der Waals surface area (Å²) in [4.78, 5) is 0. The molecular formula is C13H18Cl. The molecule has 3 radical (unpaired) electrons. The molecule has 14 heavy (non-hydrogen) atoms. The van der Waals surface area contributed by atoms with Gasteiger partial charge in [0.25, 0.3) is 0 Å². The number of allylic oxidation sites excluding steroid dienone is 1. The van der Waals surface area contributed by atoms with Crippen LogP contribution in [0.4, 0.5) is 0 Å². The Morgan fingerprint density at radius 2 is 1.86 bits per heavy atom. The maximum absolute atomic E-state index is 5.09. The average molecular weight is 210 g/mol. The van der Waals surface area contributed by atoms with E-state index in [1.54, 1.807) is 6.08 Å². The molecule has 77 valence electrons. The normalized spacial score (nSPS) is 7.36. The summed E-state index contributed by atoms with van der Waals surface area (Å²) in [6.07, 6.45) is 7.98. The molecule has 1 aromatic rings. The molecule has 1 rings (SSSR count). The molecule has 0 bridgehead atoms. The zero-order valence-corrected chi connectivity index (χ0v) is 9.50. The van der Waals surface area contributed by atoms with Gasteiger partial charge < -0.3 is 0 Å². The van der Waals surface area contributed by atoms with Crippen molar-refractivity contribution in [3.05, 3.63) is 55.4 Å². The third-order valence-electron chi connectivity index (χ3n) is 1.33. The van der Waals surface area contributed by atoms with Gasteiger partial charge in [-0.25, -0.2) is 0 Å². The largest absolute Gasteiger partial charge is 0.125 e. The Hall–Kier alpha value is -0.750. The Kier molecular flexibility index (Phi) is 20.3. The second kappa shape index (κ2) is 18.1. The lowest BCUT2D eigenvalue weighted by molar-refractivity contribution is 0.815. The maximum Gasteiger partial charge on any atom is 0.0359 e. The maximum atomic E-state index is 5.09. The van der Waals surface area contributed by atoms with E-state index < -0.39 is 0 Å². The van der Waals surface area contributed by atoms with Gasteiger partial charge in [-0.15, -0.1) is 11.6 Å². The second-order valence-corrected chi connectivity index (χ2v) is 2.46. The van der Waals surface area contributed by atoms with Crippen molar-refractivity contribution in [1.29, 1.82) is 0 Å². The van der Waals surface area contributed by atoms with Crippen LogP contribution in [0, 0.1) is 19.0 Å². The van der Waals surface area contributed by atoms with Gasteiger partial charge >= 0.3 is 0 Å². The zero-order chi connectivity index (χ0) is 11.1. The summed E-state index contributed by atoms with van der Waals surface area (Å²) in [6.45, 7) is 7.25. The van der Waals surface area contributed by atoms with E-state index in [0.717, 1.165) is 6.42 Å². The summed E-state index contributed by atoms with van der Waals surface area (Å²) in [5.74, 6) is 0. The first-order chi connectivity index (χ1) is 6.91. The Morgan fingerprint density at radius 3 is 2.00 bits per heavy atom. The highest BCUT2D eigenvalue weighted by Crippen LogP contribution is 1.91. The fourth-order valence-corrected chi connectivity index (χ4v) is 0.664. The monoisotopic (exact) mass is 209 g/mol. The van der Waals surface area contributed by atoms with Crippen molar-refractivity contribution in [2.24, 2.45) is 0 Å². The van der Waals surface area contributed by atoms with Crippen LogP contribution < -0.4 is 0 Å². The Labute approximate surface area is 93.6 Å². The molecule has 0 aliphatic rings. The first kappa shape index (κ1) is 15.7. The number of hydrogen-bond donors (Lipinski definition) is 0. The molecule has 0 spiro atoms. The smallest absolute Gasteiger partial charge is 0.0359 e. The molecule has 0 N–H and O–H groups in total. The average Bonchev–Trinajstić information content (AvgIpc) is 2.32. The molecule has 0 saturated carbocycles. The molecule has 0 heterocycles. The van der Waals surface area contributed by atoms with Gasteiger partial charge in [-0.3, -0.25) is 0 Å². The fraction of sp³-hybridized carbons (Fsp3) is 0.308. The van der Waals surface area contributed by atoms with Crippen LogP contribution in [0.5, 0.6) is 0 Å². The third kappa shape index (κ3) is 17.4. The fourth-order valence-electron chi connectivity index (χ4n) is 0.664. The molecule has 0 aliphatic heterocycles. The van der Waals surface area contributed by atoms with Crippen LogP contribution >= 0.6 is 11.6 Å².